The third-order valence-corrected chi connectivity index (χ3v) is 1.19. The van der Waals surface area contributed by atoms with Crippen LogP contribution in [0.2, 0.25) is 0 Å². The van der Waals surface area contributed by atoms with Crippen molar-refractivity contribution in [1.29, 1.82) is 0 Å². The highest BCUT2D eigenvalue weighted by Crippen LogP contribution is 1.98. The van der Waals surface area contributed by atoms with E-state index < -0.39 is 0 Å². The quantitative estimate of drug-likeness (QED) is 0.330. The van der Waals surface area contributed by atoms with Gasteiger partial charge in [0.15, 0.2) is 0 Å². The molecule has 0 saturated carbocycles. The summed E-state index contributed by atoms with van der Waals surface area (Å²) in [7, 11) is 0. The van der Waals surface area contributed by atoms with Gasteiger partial charge in [0.2, 0.25) is 6.54 Å². The molecule has 0 saturated heterocycles. The fraction of sp³-hybridized carbons (Fsp3) is 0.667. The molecule has 9 heavy (non-hydrogen) atoms. The minimum atomic E-state index is -0.307. The van der Waals surface area contributed by atoms with Gasteiger partial charge in [-0.15, -0.1) is 0 Å². The van der Waals surface area contributed by atoms with Crippen LogP contribution in [0.4, 0.5) is 0 Å². The lowest BCUT2D eigenvalue weighted by atomic mass is 10.2. The van der Waals surface area contributed by atoms with E-state index in [9.17, 15) is 10.1 Å². The van der Waals surface area contributed by atoms with E-state index in [1.807, 2.05) is 13.8 Å². The lowest BCUT2D eigenvalue weighted by molar-refractivity contribution is -0.471. The Balaban J connectivity index is 3.71. The molecule has 0 heterocycles. The predicted molar refractivity (Wildman–Crippen MR) is 35.9 cm³/mol. The monoisotopic (exact) mass is 129 g/mol. The van der Waals surface area contributed by atoms with Gasteiger partial charge < -0.3 is 0 Å². The third kappa shape index (κ3) is 3.70. The number of hydrogen-bond donors (Lipinski definition) is 0. The van der Waals surface area contributed by atoms with Gasteiger partial charge in [-0.1, -0.05) is 13.0 Å². The number of rotatable bonds is 3. The average Bonchev–Trinajstić information content (AvgIpc) is 1.82. The molecule has 0 N–H and O–H groups in total. The normalized spacial score (nSPS) is 11.6. The molecule has 3 heteroatoms. The van der Waals surface area contributed by atoms with Gasteiger partial charge in [-0.05, 0) is 18.9 Å². The maximum atomic E-state index is 9.89. The van der Waals surface area contributed by atoms with Crippen molar-refractivity contribution in [3.05, 3.63) is 21.8 Å². The van der Waals surface area contributed by atoms with E-state index in [4.69, 9.17) is 0 Å². The van der Waals surface area contributed by atoms with Gasteiger partial charge in [0, 0.05) is 4.92 Å². The first-order chi connectivity index (χ1) is 4.20. The second kappa shape index (κ2) is 4.06. The number of nitrogens with zero attached hydrogens (tertiary/aromatic N) is 1. The molecule has 0 aliphatic carbocycles. The molecule has 0 aromatic carbocycles. The minimum absolute atomic E-state index is 0.00694. The Hall–Kier alpha value is -0.860. The lowest BCUT2D eigenvalue weighted by Crippen LogP contribution is -2.02. The standard InChI is InChI=1S/C6H11NO2/c1-3-6(4-2)5-7(8)9/h3H,4-5H2,1-2H3/b6-3+. The zero-order valence-corrected chi connectivity index (χ0v) is 5.76. The molecule has 0 amide bonds. The van der Waals surface area contributed by atoms with Crippen LogP contribution >= 0.6 is 0 Å². The predicted octanol–water partition coefficient (Wildman–Crippen LogP) is 1.62. The van der Waals surface area contributed by atoms with E-state index in [2.05, 4.69) is 0 Å². The summed E-state index contributed by atoms with van der Waals surface area (Å²) in [5, 5.41) is 9.89. The van der Waals surface area contributed by atoms with Crippen LogP contribution in [0, 0.1) is 10.1 Å². The summed E-state index contributed by atoms with van der Waals surface area (Å²) in [5.74, 6) is 0. The zero-order chi connectivity index (χ0) is 7.28. The Morgan fingerprint density at radius 3 is 2.44 bits per heavy atom. The van der Waals surface area contributed by atoms with Crippen LogP contribution in [-0.4, -0.2) is 11.5 Å². The molecule has 0 aliphatic heterocycles. The maximum absolute atomic E-state index is 9.89. The van der Waals surface area contributed by atoms with Crippen molar-refractivity contribution in [1.82, 2.24) is 0 Å². The Morgan fingerprint density at radius 2 is 2.33 bits per heavy atom. The molecular weight excluding hydrogens is 118 g/mol. The van der Waals surface area contributed by atoms with E-state index in [1.54, 1.807) is 6.08 Å². The SMILES string of the molecule is C/C=C(\CC)C[N+](=O)[O-]. The maximum Gasteiger partial charge on any atom is 0.224 e. The Kier molecular flexibility index (Phi) is 3.67. The smallest absolute Gasteiger partial charge is 0.224 e. The molecule has 0 atom stereocenters. The molecule has 3 nitrogen and oxygen atoms in total. The third-order valence-electron chi connectivity index (χ3n) is 1.19. The Morgan fingerprint density at radius 1 is 1.78 bits per heavy atom. The molecule has 0 aromatic rings. The lowest BCUT2D eigenvalue weighted by Gasteiger charge is -1.93. The highest BCUT2D eigenvalue weighted by molar-refractivity contribution is 4.98. The summed E-state index contributed by atoms with van der Waals surface area (Å²) in [4.78, 5) is 9.59. The summed E-state index contributed by atoms with van der Waals surface area (Å²) in [6.45, 7) is 3.73. The molecule has 0 bridgehead atoms. The zero-order valence-electron chi connectivity index (χ0n) is 5.76. The summed E-state index contributed by atoms with van der Waals surface area (Å²) in [6.07, 6.45) is 2.57. The van der Waals surface area contributed by atoms with Crippen LogP contribution in [0.15, 0.2) is 11.6 Å². The van der Waals surface area contributed by atoms with Crippen molar-refractivity contribution >= 4 is 0 Å². The largest absolute Gasteiger partial charge is 0.264 e. The summed E-state index contributed by atoms with van der Waals surface area (Å²) >= 11 is 0. The van der Waals surface area contributed by atoms with Crippen LogP contribution in [0.5, 0.6) is 0 Å². The van der Waals surface area contributed by atoms with Crippen LogP contribution in [0.3, 0.4) is 0 Å². The van der Waals surface area contributed by atoms with Gasteiger partial charge in [0.25, 0.3) is 0 Å². The molecule has 0 unspecified atom stereocenters. The summed E-state index contributed by atoms with van der Waals surface area (Å²) in [6, 6.07) is 0. The summed E-state index contributed by atoms with van der Waals surface area (Å²) < 4.78 is 0. The van der Waals surface area contributed by atoms with Crippen molar-refractivity contribution in [3.63, 3.8) is 0 Å². The van der Waals surface area contributed by atoms with E-state index in [0.29, 0.717) is 0 Å². The Bertz CT molecular complexity index is 129. The van der Waals surface area contributed by atoms with Gasteiger partial charge in [-0.2, -0.15) is 0 Å². The fourth-order valence-corrected chi connectivity index (χ4v) is 0.573. The first-order valence-corrected chi connectivity index (χ1v) is 2.96. The van der Waals surface area contributed by atoms with Crippen LogP contribution in [-0.2, 0) is 0 Å². The Labute approximate surface area is 54.5 Å². The second-order valence-electron chi connectivity index (χ2n) is 1.79. The molecular formula is C6H11NO2. The molecule has 52 valence electrons. The van der Waals surface area contributed by atoms with Crippen LogP contribution in [0.1, 0.15) is 20.3 Å². The molecule has 0 radical (unpaired) electrons. The highest BCUT2D eigenvalue weighted by Gasteiger charge is 1.99. The van der Waals surface area contributed by atoms with E-state index in [0.717, 1.165) is 12.0 Å². The van der Waals surface area contributed by atoms with Crippen molar-refractivity contribution in [3.8, 4) is 0 Å². The number of hydrogen-bond acceptors (Lipinski definition) is 2. The van der Waals surface area contributed by atoms with Crippen molar-refractivity contribution in [2.45, 2.75) is 20.3 Å². The number of allylic oxidation sites excluding steroid dienone is 1. The minimum Gasteiger partial charge on any atom is -0.264 e. The van der Waals surface area contributed by atoms with Gasteiger partial charge in [-0.25, -0.2) is 0 Å². The van der Waals surface area contributed by atoms with E-state index in [1.165, 1.54) is 0 Å². The first kappa shape index (κ1) is 8.14. The van der Waals surface area contributed by atoms with Gasteiger partial charge >= 0.3 is 0 Å². The van der Waals surface area contributed by atoms with Crippen molar-refractivity contribution < 1.29 is 4.92 Å². The fourth-order valence-electron chi connectivity index (χ4n) is 0.573. The van der Waals surface area contributed by atoms with Gasteiger partial charge in [0.1, 0.15) is 0 Å². The molecule has 0 fully saturated rings. The van der Waals surface area contributed by atoms with Gasteiger partial charge in [-0.3, -0.25) is 10.1 Å². The molecule has 0 aromatic heterocycles. The van der Waals surface area contributed by atoms with E-state index >= 15 is 0 Å². The average molecular weight is 129 g/mol. The van der Waals surface area contributed by atoms with Crippen molar-refractivity contribution in [2.75, 3.05) is 6.54 Å². The van der Waals surface area contributed by atoms with Crippen LogP contribution in [0.25, 0.3) is 0 Å². The molecule has 0 aliphatic rings. The van der Waals surface area contributed by atoms with Crippen LogP contribution < -0.4 is 0 Å². The van der Waals surface area contributed by atoms with Crippen molar-refractivity contribution in [2.24, 2.45) is 0 Å². The second-order valence-corrected chi connectivity index (χ2v) is 1.79. The van der Waals surface area contributed by atoms with E-state index in [-0.39, 0.29) is 11.5 Å². The van der Waals surface area contributed by atoms with Gasteiger partial charge in [0.05, 0.1) is 0 Å². The summed E-state index contributed by atoms with van der Waals surface area (Å²) in [5.41, 5.74) is 0.889. The topological polar surface area (TPSA) is 43.1 Å². The molecule has 0 rings (SSSR count). The number of nitro groups is 1. The molecule has 0 spiro atoms. The first-order valence-electron chi connectivity index (χ1n) is 2.96. The highest BCUT2D eigenvalue weighted by atomic mass is 16.6.